The van der Waals surface area contributed by atoms with Gasteiger partial charge in [-0.25, -0.2) is 9.37 Å². The molecule has 1 aliphatic rings. The van der Waals surface area contributed by atoms with Crippen LogP contribution in [0.15, 0.2) is 48.7 Å². The minimum Gasteiger partial charge on any atom is -0.382 e. The Hall–Kier alpha value is -3.33. The van der Waals surface area contributed by atoms with Gasteiger partial charge in [0.25, 0.3) is 5.91 Å². The molecule has 0 bridgehead atoms. The quantitative estimate of drug-likeness (QED) is 0.304. The Bertz CT molecular complexity index is 1440. The lowest BCUT2D eigenvalue weighted by atomic mass is 9.90. The molecule has 0 unspecified atom stereocenters. The van der Waals surface area contributed by atoms with E-state index in [-0.39, 0.29) is 28.6 Å². The maximum atomic E-state index is 14.4. The summed E-state index contributed by atoms with van der Waals surface area (Å²) in [5.41, 5.74) is 5.78. The molecule has 2 aromatic carbocycles. The van der Waals surface area contributed by atoms with E-state index in [4.69, 9.17) is 17.3 Å². The number of carbonyl (C=O) groups is 1. The van der Waals surface area contributed by atoms with Gasteiger partial charge in [0.2, 0.25) is 0 Å². The van der Waals surface area contributed by atoms with Gasteiger partial charge in [-0.1, -0.05) is 17.7 Å². The number of nitrogens with zero attached hydrogens (tertiary/aromatic N) is 2. The first-order valence-electron chi connectivity index (χ1n) is 11.1. The molecule has 35 heavy (non-hydrogen) atoms. The Labute approximate surface area is 202 Å². The van der Waals surface area contributed by atoms with Gasteiger partial charge in [0, 0.05) is 39.8 Å². The molecular formula is C25H21ClF4N4O. The number of nitrogens with one attached hydrogen (secondary N) is 1. The van der Waals surface area contributed by atoms with Crippen molar-refractivity contribution in [1.82, 2.24) is 9.55 Å². The Kier molecular flexibility index (Phi) is 5.83. The summed E-state index contributed by atoms with van der Waals surface area (Å²) < 4.78 is 56.6. The summed E-state index contributed by atoms with van der Waals surface area (Å²) in [5, 5.41) is 4.40. The van der Waals surface area contributed by atoms with Crippen LogP contribution in [0.4, 0.5) is 23.2 Å². The maximum absolute atomic E-state index is 14.4. The number of hydrogen-bond donors (Lipinski definition) is 2. The molecule has 5 nitrogen and oxygen atoms in total. The van der Waals surface area contributed by atoms with Gasteiger partial charge in [0.15, 0.2) is 0 Å². The van der Waals surface area contributed by atoms with Gasteiger partial charge in [-0.05, 0) is 62.1 Å². The SMILES string of the molecule is NC(=O)c1cn(C2CCC(Nc3cc(C(F)(F)F)nc4ccc(Cl)cc34)CC2)c2cccc(F)c12. The van der Waals surface area contributed by atoms with Crippen molar-refractivity contribution in [1.29, 1.82) is 0 Å². The van der Waals surface area contributed by atoms with Gasteiger partial charge < -0.3 is 15.6 Å². The molecule has 4 aromatic rings. The Balaban J connectivity index is 1.40. The second-order valence-electron chi connectivity index (χ2n) is 8.81. The highest BCUT2D eigenvalue weighted by Crippen LogP contribution is 2.38. The van der Waals surface area contributed by atoms with Crippen LogP contribution in [-0.4, -0.2) is 21.5 Å². The number of carbonyl (C=O) groups excluding carboxylic acids is 1. The van der Waals surface area contributed by atoms with Crippen LogP contribution in [0.5, 0.6) is 0 Å². The largest absolute Gasteiger partial charge is 0.433 e. The van der Waals surface area contributed by atoms with Crippen molar-refractivity contribution < 1.29 is 22.4 Å². The Morgan fingerprint density at radius 1 is 1.11 bits per heavy atom. The van der Waals surface area contributed by atoms with Crippen LogP contribution < -0.4 is 11.1 Å². The zero-order valence-corrected chi connectivity index (χ0v) is 19.1. The molecule has 1 amide bonds. The minimum atomic E-state index is -4.58. The molecule has 5 rings (SSSR count). The van der Waals surface area contributed by atoms with Crippen molar-refractivity contribution in [3.8, 4) is 0 Å². The molecule has 0 radical (unpaired) electrons. The normalized spacial score (nSPS) is 18.8. The number of hydrogen-bond acceptors (Lipinski definition) is 3. The summed E-state index contributed by atoms with van der Waals surface area (Å²) in [5.74, 6) is -1.20. The van der Waals surface area contributed by atoms with Crippen LogP contribution in [0.3, 0.4) is 0 Å². The molecule has 2 aromatic heterocycles. The molecule has 10 heteroatoms. The van der Waals surface area contributed by atoms with Gasteiger partial charge >= 0.3 is 6.18 Å². The molecule has 0 spiro atoms. The number of alkyl halides is 3. The first-order valence-corrected chi connectivity index (χ1v) is 11.5. The number of primary amides is 1. The van der Waals surface area contributed by atoms with E-state index >= 15 is 0 Å². The lowest BCUT2D eigenvalue weighted by molar-refractivity contribution is -0.140. The molecule has 3 N–H and O–H groups in total. The Morgan fingerprint density at radius 2 is 1.86 bits per heavy atom. The van der Waals surface area contributed by atoms with Crippen LogP contribution in [0.2, 0.25) is 5.02 Å². The van der Waals surface area contributed by atoms with Crippen LogP contribution in [0.25, 0.3) is 21.8 Å². The van der Waals surface area contributed by atoms with Crippen molar-refractivity contribution in [3.63, 3.8) is 0 Å². The summed E-state index contributed by atoms with van der Waals surface area (Å²) in [6.45, 7) is 0. The van der Waals surface area contributed by atoms with Crippen LogP contribution in [-0.2, 0) is 6.18 Å². The Morgan fingerprint density at radius 3 is 2.54 bits per heavy atom. The lowest BCUT2D eigenvalue weighted by Crippen LogP contribution is -2.27. The van der Waals surface area contributed by atoms with Gasteiger partial charge in [-0.2, -0.15) is 13.2 Å². The van der Waals surface area contributed by atoms with Crippen molar-refractivity contribution in [2.24, 2.45) is 5.73 Å². The summed E-state index contributed by atoms with van der Waals surface area (Å²) in [7, 11) is 0. The number of aromatic nitrogens is 2. The molecular weight excluding hydrogens is 484 g/mol. The molecule has 0 atom stereocenters. The number of benzene rings is 2. The third-order valence-electron chi connectivity index (χ3n) is 6.58. The standard InChI is InChI=1S/C25H21ClF4N4O/c26-13-4-9-19-16(10-13)20(11-22(33-19)25(28,29)30)32-14-5-7-15(8-6-14)34-12-17(24(31)35)23-18(27)2-1-3-21(23)34/h1-4,9-12,14-15H,5-8H2,(H2,31,35)(H,32,33). The second-order valence-corrected chi connectivity index (χ2v) is 9.25. The average molecular weight is 505 g/mol. The third-order valence-corrected chi connectivity index (χ3v) is 6.82. The number of anilines is 1. The first kappa shape index (κ1) is 23.4. The number of nitrogens with two attached hydrogens (primary N) is 1. The zero-order chi connectivity index (χ0) is 24.9. The molecule has 0 aliphatic heterocycles. The van der Waals surface area contributed by atoms with Crippen molar-refractivity contribution in [3.05, 3.63) is 70.8 Å². The highest BCUT2D eigenvalue weighted by Gasteiger charge is 2.34. The average Bonchev–Trinajstić information content (AvgIpc) is 3.20. The predicted octanol–water partition coefficient (Wildman–Crippen LogP) is 6.70. The third kappa shape index (κ3) is 4.40. The molecule has 0 saturated heterocycles. The maximum Gasteiger partial charge on any atom is 0.433 e. The van der Waals surface area contributed by atoms with Gasteiger partial charge in [-0.15, -0.1) is 0 Å². The highest BCUT2D eigenvalue weighted by atomic mass is 35.5. The van der Waals surface area contributed by atoms with E-state index in [0.29, 0.717) is 47.3 Å². The number of fused-ring (bicyclic) bond motifs is 2. The lowest BCUT2D eigenvalue weighted by Gasteiger charge is -2.31. The van der Waals surface area contributed by atoms with E-state index < -0.39 is 23.6 Å². The van der Waals surface area contributed by atoms with Crippen molar-refractivity contribution >= 4 is 45.0 Å². The van der Waals surface area contributed by atoms with E-state index in [0.717, 1.165) is 6.07 Å². The van der Waals surface area contributed by atoms with Crippen molar-refractivity contribution in [2.45, 2.75) is 43.9 Å². The fourth-order valence-electron chi connectivity index (χ4n) is 4.94. The molecule has 1 saturated carbocycles. The van der Waals surface area contributed by atoms with Crippen molar-refractivity contribution in [2.75, 3.05) is 5.32 Å². The molecule has 182 valence electrons. The van der Waals surface area contributed by atoms with E-state index in [1.807, 2.05) is 4.57 Å². The van der Waals surface area contributed by atoms with E-state index in [9.17, 15) is 22.4 Å². The molecule has 2 heterocycles. The molecule has 1 aliphatic carbocycles. The van der Waals surface area contributed by atoms with Gasteiger partial charge in [0.1, 0.15) is 11.5 Å². The molecule has 1 fully saturated rings. The fourth-order valence-corrected chi connectivity index (χ4v) is 5.11. The summed E-state index contributed by atoms with van der Waals surface area (Å²) in [4.78, 5) is 15.6. The predicted molar refractivity (Wildman–Crippen MR) is 127 cm³/mol. The van der Waals surface area contributed by atoms with Gasteiger partial charge in [0.05, 0.1) is 16.6 Å². The topological polar surface area (TPSA) is 72.9 Å². The summed E-state index contributed by atoms with van der Waals surface area (Å²) in [6, 6.07) is 10.2. The van der Waals surface area contributed by atoms with E-state index in [1.54, 1.807) is 24.4 Å². The van der Waals surface area contributed by atoms with Crippen LogP contribution in [0.1, 0.15) is 47.8 Å². The number of halogens is 5. The fraction of sp³-hybridized carbons (Fsp3) is 0.280. The first-order chi connectivity index (χ1) is 16.6. The van der Waals surface area contributed by atoms with E-state index in [2.05, 4.69) is 10.3 Å². The number of pyridine rings is 1. The monoisotopic (exact) mass is 504 g/mol. The van der Waals surface area contributed by atoms with Gasteiger partial charge in [-0.3, -0.25) is 4.79 Å². The number of rotatable bonds is 4. The van der Waals surface area contributed by atoms with E-state index in [1.165, 1.54) is 18.2 Å². The zero-order valence-electron chi connectivity index (χ0n) is 18.4. The number of amides is 1. The van der Waals surface area contributed by atoms with Crippen LogP contribution in [0, 0.1) is 5.82 Å². The summed E-state index contributed by atoms with van der Waals surface area (Å²) in [6.07, 6.45) is -0.278. The summed E-state index contributed by atoms with van der Waals surface area (Å²) >= 11 is 6.09. The second kappa shape index (κ2) is 8.71. The minimum absolute atomic E-state index is 0.000172. The highest BCUT2D eigenvalue weighted by molar-refractivity contribution is 6.31. The smallest absolute Gasteiger partial charge is 0.382 e. The van der Waals surface area contributed by atoms with Crippen LogP contribution >= 0.6 is 11.6 Å².